The van der Waals surface area contributed by atoms with E-state index >= 15 is 0 Å². The van der Waals surface area contributed by atoms with Gasteiger partial charge in [0.15, 0.2) is 0 Å². The van der Waals surface area contributed by atoms with Crippen molar-refractivity contribution in [3.05, 3.63) is 71.3 Å². The average molecular weight is 618 g/mol. The minimum absolute atomic E-state index is 0. The summed E-state index contributed by atoms with van der Waals surface area (Å²) < 4.78 is 30.8. The lowest BCUT2D eigenvalue weighted by Gasteiger charge is -2.11. The second-order valence-electron chi connectivity index (χ2n) is 8.03. The van der Waals surface area contributed by atoms with Crippen LogP contribution >= 0.6 is 24.0 Å². The monoisotopic (exact) mass is 617 g/mol. The molecule has 0 fully saturated rings. The number of ether oxygens (including phenoxy) is 6. The Morgan fingerprint density at radius 3 is 1.52 bits per heavy atom. The summed E-state index contributed by atoms with van der Waals surface area (Å²) >= 11 is 6.14. The van der Waals surface area contributed by atoms with Gasteiger partial charge in [-0.3, -0.25) is 0 Å². The van der Waals surface area contributed by atoms with Gasteiger partial charge in [-0.15, -0.1) is 0 Å². The number of hydrogen-bond acceptors (Lipinski definition) is 10. The Hall–Kier alpha value is -3.85. The van der Waals surface area contributed by atoms with Gasteiger partial charge in [0.05, 0.1) is 47.6 Å². The molecule has 0 unspecified atom stereocenters. The van der Waals surface area contributed by atoms with Gasteiger partial charge in [-0.25, -0.2) is 0 Å². The maximum atomic E-state index is 8.44. The third-order valence-electron chi connectivity index (χ3n) is 5.52. The Bertz CT molecular complexity index is 1270. The van der Waals surface area contributed by atoms with Crippen LogP contribution in [0.4, 0.5) is 0 Å². The van der Waals surface area contributed by atoms with E-state index in [9.17, 15) is 0 Å². The van der Waals surface area contributed by atoms with Gasteiger partial charge in [0.2, 0.25) is 0 Å². The van der Waals surface area contributed by atoms with E-state index in [1.807, 2.05) is 66.9 Å². The number of nitrogens with two attached hydrogens (primary N) is 1. The standard InChI is InChI=1S/C11H15NO2S.C10H11NO2S.C9H13NO2.CH4/c1-8(15)12-7-9-4-5-10(13-2)6-11(9)14-3;1-12-9-4-3-8(6-14-7-11)10(5-9)13-2;1-11-8-4-3-7(6-10)9(5-8)12-2;/h4-6H,7H2,1-3H3,(H,12,15);3-5H,6H2,1-2H3;3-5H,6,10H2,1-2H3;1H4. The summed E-state index contributed by atoms with van der Waals surface area (Å²) in [4.78, 5) is 0.771. The quantitative estimate of drug-likeness (QED) is 0.185. The fraction of sp³-hybridized carbons (Fsp3) is 0.355. The average Bonchev–Trinajstić information content (AvgIpc) is 3.02. The second-order valence-corrected chi connectivity index (χ2v) is 9.40. The first-order valence-corrected chi connectivity index (χ1v) is 13.8. The zero-order valence-corrected chi connectivity index (χ0v) is 26.2. The molecule has 230 valence electrons. The first kappa shape index (κ1) is 38.1. The van der Waals surface area contributed by atoms with Gasteiger partial charge in [0.25, 0.3) is 0 Å². The number of nitrogens with zero attached hydrogens (tertiary/aromatic N) is 1. The fourth-order valence-electron chi connectivity index (χ4n) is 3.32. The molecule has 0 aliphatic rings. The minimum Gasteiger partial charge on any atom is -0.497 e. The van der Waals surface area contributed by atoms with Crippen LogP contribution in [0, 0.1) is 10.7 Å². The van der Waals surface area contributed by atoms with Gasteiger partial charge in [-0.05, 0) is 43.0 Å². The lowest BCUT2D eigenvalue weighted by molar-refractivity contribution is 0.390. The van der Waals surface area contributed by atoms with Crippen LogP contribution in [0.25, 0.3) is 0 Å². The number of rotatable bonds is 11. The van der Waals surface area contributed by atoms with Crippen LogP contribution in [-0.4, -0.2) is 47.6 Å². The third-order valence-corrected chi connectivity index (χ3v) is 6.25. The highest BCUT2D eigenvalue weighted by molar-refractivity contribution is 8.02. The van der Waals surface area contributed by atoms with Crippen LogP contribution in [0.1, 0.15) is 31.0 Å². The molecule has 0 radical (unpaired) electrons. The van der Waals surface area contributed by atoms with Crippen molar-refractivity contribution in [1.29, 1.82) is 5.26 Å². The first-order chi connectivity index (χ1) is 19.8. The highest BCUT2D eigenvalue weighted by Crippen LogP contribution is 2.27. The van der Waals surface area contributed by atoms with E-state index in [0.717, 1.165) is 56.2 Å². The Morgan fingerprint density at radius 1 is 0.738 bits per heavy atom. The number of benzene rings is 3. The molecule has 0 aliphatic carbocycles. The molecule has 0 heterocycles. The van der Waals surface area contributed by atoms with Crippen LogP contribution in [0.5, 0.6) is 34.5 Å². The zero-order valence-electron chi connectivity index (χ0n) is 24.6. The van der Waals surface area contributed by atoms with Crippen molar-refractivity contribution in [2.75, 3.05) is 42.7 Å². The van der Waals surface area contributed by atoms with Gasteiger partial charge in [0.1, 0.15) is 39.9 Å². The maximum absolute atomic E-state index is 8.44. The third kappa shape index (κ3) is 13.2. The molecular weight excluding hydrogens is 574 g/mol. The summed E-state index contributed by atoms with van der Waals surface area (Å²) in [6, 6.07) is 16.9. The molecule has 3 N–H and O–H groups in total. The SMILES string of the molecule is C.COc1ccc(CN)c(OC)c1.COc1ccc(CNC(C)=S)c(OC)c1.COc1ccc(CSC#N)c(OC)c1. The lowest BCUT2D eigenvalue weighted by Crippen LogP contribution is -2.17. The molecular formula is C31H43N3O6S2. The predicted molar refractivity (Wildman–Crippen MR) is 175 cm³/mol. The smallest absolute Gasteiger partial charge is 0.133 e. The van der Waals surface area contributed by atoms with E-state index in [1.54, 1.807) is 42.7 Å². The van der Waals surface area contributed by atoms with Crippen LogP contribution in [-0.2, 0) is 18.8 Å². The number of nitriles is 1. The summed E-state index contributed by atoms with van der Waals surface area (Å²) in [5, 5.41) is 13.5. The van der Waals surface area contributed by atoms with Crippen molar-refractivity contribution in [2.45, 2.75) is 33.2 Å². The van der Waals surface area contributed by atoms with Crippen LogP contribution in [0.2, 0.25) is 0 Å². The number of nitrogens with one attached hydrogen (secondary N) is 1. The molecule has 3 rings (SSSR count). The van der Waals surface area contributed by atoms with Gasteiger partial charge in [-0.1, -0.05) is 31.8 Å². The molecule has 42 heavy (non-hydrogen) atoms. The van der Waals surface area contributed by atoms with E-state index in [-0.39, 0.29) is 7.43 Å². The predicted octanol–water partition coefficient (Wildman–Crippen LogP) is 6.36. The molecule has 3 aromatic rings. The molecule has 0 aliphatic heterocycles. The summed E-state index contributed by atoms with van der Waals surface area (Å²) in [6.07, 6.45) is 0. The van der Waals surface area contributed by atoms with Crippen molar-refractivity contribution in [3.8, 4) is 39.9 Å². The summed E-state index contributed by atoms with van der Waals surface area (Å²) in [5.74, 6) is 5.29. The largest absolute Gasteiger partial charge is 0.497 e. The number of thiocarbonyl (C=S) groups is 1. The number of thioether (sulfide) groups is 1. The highest BCUT2D eigenvalue weighted by atomic mass is 32.2. The van der Waals surface area contributed by atoms with Crippen molar-refractivity contribution in [3.63, 3.8) is 0 Å². The van der Waals surface area contributed by atoms with Gasteiger partial charge in [-0.2, -0.15) is 5.26 Å². The number of hydrogen-bond donors (Lipinski definition) is 2. The number of thiocyanates is 1. The Balaban J connectivity index is 0.000000597. The molecule has 0 atom stereocenters. The first-order valence-electron chi connectivity index (χ1n) is 12.4. The topological polar surface area (TPSA) is 117 Å². The van der Waals surface area contributed by atoms with Crippen LogP contribution < -0.4 is 39.5 Å². The van der Waals surface area contributed by atoms with Crippen LogP contribution in [0.15, 0.2) is 54.6 Å². The molecule has 0 spiro atoms. The van der Waals surface area contributed by atoms with Crippen molar-refractivity contribution in [2.24, 2.45) is 5.73 Å². The Kier molecular flexibility index (Phi) is 19.8. The summed E-state index contributed by atoms with van der Waals surface area (Å²) in [7, 11) is 9.73. The maximum Gasteiger partial charge on any atom is 0.133 e. The normalized spacial score (nSPS) is 9.21. The van der Waals surface area contributed by atoms with Gasteiger partial charge < -0.3 is 39.5 Å². The van der Waals surface area contributed by atoms with E-state index in [0.29, 0.717) is 18.8 Å². The Labute approximate surface area is 260 Å². The highest BCUT2D eigenvalue weighted by Gasteiger charge is 2.06. The van der Waals surface area contributed by atoms with Gasteiger partial charge in [0, 0.05) is 53.7 Å². The van der Waals surface area contributed by atoms with Crippen molar-refractivity contribution < 1.29 is 28.4 Å². The second kappa shape index (κ2) is 21.8. The molecule has 0 saturated carbocycles. The van der Waals surface area contributed by atoms with E-state index < -0.39 is 0 Å². The fourth-order valence-corrected chi connectivity index (χ4v) is 3.85. The number of methoxy groups -OCH3 is 6. The summed E-state index contributed by atoms with van der Waals surface area (Å²) in [5.41, 5.74) is 8.54. The molecule has 9 nitrogen and oxygen atoms in total. The molecule has 3 aromatic carbocycles. The summed E-state index contributed by atoms with van der Waals surface area (Å²) in [6.45, 7) is 3.00. The van der Waals surface area contributed by atoms with E-state index in [4.69, 9.17) is 51.6 Å². The van der Waals surface area contributed by atoms with Gasteiger partial charge >= 0.3 is 0 Å². The Morgan fingerprint density at radius 2 is 1.14 bits per heavy atom. The van der Waals surface area contributed by atoms with Crippen molar-refractivity contribution >= 4 is 29.0 Å². The lowest BCUT2D eigenvalue weighted by atomic mass is 10.2. The molecule has 11 heteroatoms. The van der Waals surface area contributed by atoms with E-state index in [2.05, 4.69) is 5.32 Å². The molecule has 0 amide bonds. The molecule has 0 saturated heterocycles. The van der Waals surface area contributed by atoms with E-state index in [1.165, 1.54) is 11.8 Å². The molecule has 0 bridgehead atoms. The molecule has 0 aromatic heterocycles. The van der Waals surface area contributed by atoms with Crippen molar-refractivity contribution in [1.82, 2.24) is 5.32 Å². The van der Waals surface area contributed by atoms with Crippen LogP contribution in [0.3, 0.4) is 0 Å². The zero-order chi connectivity index (χ0) is 30.6. The minimum atomic E-state index is 0.